The molecule has 1 fully saturated rings. The van der Waals surface area contributed by atoms with Gasteiger partial charge in [0.2, 0.25) is 0 Å². The molecule has 94 valence electrons. The number of carboxylic acids is 1. The van der Waals surface area contributed by atoms with Crippen molar-refractivity contribution in [2.24, 2.45) is 0 Å². The molecular formula is C10H15N3O2S2. The van der Waals surface area contributed by atoms with Gasteiger partial charge < -0.3 is 9.67 Å². The smallest absolute Gasteiger partial charge is 0.313 e. The lowest BCUT2D eigenvalue weighted by molar-refractivity contribution is -0.133. The third-order valence-corrected chi connectivity index (χ3v) is 4.80. The molecule has 1 atom stereocenters. The average Bonchev–Trinajstić information content (AvgIpc) is 2.94. The van der Waals surface area contributed by atoms with E-state index in [0.29, 0.717) is 5.92 Å². The largest absolute Gasteiger partial charge is 0.481 e. The normalized spacial score (nSPS) is 19.7. The third-order valence-electron chi connectivity index (χ3n) is 2.68. The van der Waals surface area contributed by atoms with Crippen LogP contribution in [0.15, 0.2) is 5.16 Å². The lowest BCUT2D eigenvalue weighted by Crippen LogP contribution is -2.09. The van der Waals surface area contributed by atoms with Crippen molar-refractivity contribution in [3.05, 3.63) is 5.82 Å². The number of hydrogen-bond acceptors (Lipinski definition) is 5. The molecule has 0 aliphatic carbocycles. The molecule has 1 aliphatic rings. The number of aliphatic carboxylic acids is 1. The summed E-state index contributed by atoms with van der Waals surface area (Å²) in [4.78, 5) is 10.6. The Morgan fingerprint density at radius 2 is 2.47 bits per heavy atom. The number of aromatic nitrogens is 3. The second-order valence-electron chi connectivity index (χ2n) is 3.83. The van der Waals surface area contributed by atoms with Gasteiger partial charge in [-0.25, -0.2) is 0 Å². The maximum Gasteiger partial charge on any atom is 0.313 e. The third kappa shape index (κ3) is 2.95. The van der Waals surface area contributed by atoms with Crippen LogP contribution < -0.4 is 0 Å². The van der Waals surface area contributed by atoms with Crippen LogP contribution in [0.25, 0.3) is 0 Å². The maximum atomic E-state index is 10.6. The summed E-state index contributed by atoms with van der Waals surface area (Å²) in [5, 5.41) is 17.7. The molecule has 0 spiro atoms. The Morgan fingerprint density at radius 3 is 3.06 bits per heavy atom. The Kier molecular flexibility index (Phi) is 4.33. The highest BCUT2D eigenvalue weighted by Gasteiger charge is 2.24. The zero-order chi connectivity index (χ0) is 12.3. The predicted octanol–water partition coefficient (Wildman–Crippen LogP) is 1.70. The Bertz CT molecular complexity index is 402. The van der Waals surface area contributed by atoms with Crippen LogP contribution in [0.4, 0.5) is 0 Å². The summed E-state index contributed by atoms with van der Waals surface area (Å²) in [7, 11) is 0. The van der Waals surface area contributed by atoms with Crippen molar-refractivity contribution >= 4 is 29.5 Å². The van der Waals surface area contributed by atoms with Gasteiger partial charge in [0.15, 0.2) is 5.16 Å². The molecule has 2 heterocycles. The molecule has 1 aromatic rings. The second kappa shape index (κ2) is 5.77. The monoisotopic (exact) mass is 273 g/mol. The minimum Gasteiger partial charge on any atom is -0.481 e. The number of carboxylic acid groups (broad SMARTS) is 1. The highest BCUT2D eigenvalue weighted by Crippen LogP contribution is 2.32. The minimum absolute atomic E-state index is 0.0392. The molecule has 0 aromatic carbocycles. The van der Waals surface area contributed by atoms with E-state index in [1.54, 1.807) is 0 Å². The van der Waals surface area contributed by atoms with Crippen molar-refractivity contribution in [1.82, 2.24) is 14.8 Å². The van der Waals surface area contributed by atoms with Gasteiger partial charge >= 0.3 is 5.97 Å². The molecule has 0 bridgehead atoms. The van der Waals surface area contributed by atoms with Gasteiger partial charge in [0, 0.05) is 18.2 Å². The van der Waals surface area contributed by atoms with E-state index in [2.05, 4.69) is 10.2 Å². The van der Waals surface area contributed by atoms with E-state index in [1.165, 1.54) is 17.5 Å². The van der Waals surface area contributed by atoms with Crippen LogP contribution in [-0.4, -0.2) is 43.1 Å². The van der Waals surface area contributed by atoms with E-state index in [0.717, 1.165) is 29.7 Å². The van der Waals surface area contributed by atoms with Gasteiger partial charge in [0.05, 0.1) is 5.75 Å². The Morgan fingerprint density at radius 1 is 1.65 bits per heavy atom. The van der Waals surface area contributed by atoms with Gasteiger partial charge in [-0.2, -0.15) is 11.8 Å². The zero-order valence-corrected chi connectivity index (χ0v) is 11.3. The molecule has 0 saturated carbocycles. The summed E-state index contributed by atoms with van der Waals surface area (Å²) < 4.78 is 2.05. The fourth-order valence-corrected chi connectivity index (χ4v) is 3.82. The molecule has 1 aliphatic heterocycles. The molecule has 7 heteroatoms. The maximum absolute atomic E-state index is 10.6. The first kappa shape index (κ1) is 12.8. The number of nitrogens with zero attached hydrogens (tertiary/aromatic N) is 3. The number of rotatable bonds is 5. The first-order chi connectivity index (χ1) is 8.22. The zero-order valence-electron chi connectivity index (χ0n) is 9.63. The molecule has 5 nitrogen and oxygen atoms in total. The first-order valence-corrected chi connectivity index (χ1v) is 7.71. The summed E-state index contributed by atoms with van der Waals surface area (Å²) in [6.45, 7) is 2.84. The number of thioether (sulfide) groups is 2. The van der Waals surface area contributed by atoms with Crippen LogP contribution in [0.3, 0.4) is 0 Å². The summed E-state index contributed by atoms with van der Waals surface area (Å²) in [6, 6.07) is 0. The lowest BCUT2D eigenvalue weighted by Gasteiger charge is -2.10. The summed E-state index contributed by atoms with van der Waals surface area (Å²) in [5.74, 6) is 2.99. The van der Waals surface area contributed by atoms with Gasteiger partial charge in [-0.3, -0.25) is 4.79 Å². The van der Waals surface area contributed by atoms with Crippen molar-refractivity contribution in [2.75, 3.05) is 17.3 Å². The van der Waals surface area contributed by atoms with Gasteiger partial charge in [-0.1, -0.05) is 11.8 Å². The fourth-order valence-electron chi connectivity index (χ4n) is 1.87. The minimum atomic E-state index is -0.821. The van der Waals surface area contributed by atoms with Crippen molar-refractivity contribution < 1.29 is 9.90 Å². The molecule has 0 radical (unpaired) electrons. The van der Waals surface area contributed by atoms with Gasteiger partial charge in [0.25, 0.3) is 0 Å². The van der Waals surface area contributed by atoms with Crippen LogP contribution in [0.1, 0.15) is 25.1 Å². The van der Waals surface area contributed by atoms with Gasteiger partial charge in [-0.05, 0) is 19.1 Å². The molecule has 1 unspecified atom stereocenters. The van der Waals surface area contributed by atoms with Crippen LogP contribution in [0.2, 0.25) is 0 Å². The highest BCUT2D eigenvalue weighted by molar-refractivity contribution is 7.99. The fraction of sp³-hybridized carbons (Fsp3) is 0.700. The first-order valence-electron chi connectivity index (χ1n) is 5.57. The van der Waals surface area contributed by atoms with E-state index in [9.17, 15) is 4.79 Å². The molecule has 17 heavy (non-hydrogen) atoms. The Balaban J connectivity index is 2.14. The quantitative estimate of drug-likeness (QED) is 0.824. The van der Waals surface area contributed by atoms with Crippen LogP contribution >= 0.6 is 23.5 Å². The van der Waals surface area contributed by atoms with Gasteiger partial charge in [0.1, 0.15) is 5.82 Å². The Labute approximate surface area is 108 Å². The molecular weight excluding hydrogens is 258 g/mol. The van der Waals surface area contributed by atoms with Crippen LogP contribution in [0, 0.1) is 0 Å². The predicted molar refractivity (Wildman–Crippen MR) is 68.7 cm³/mol. The van der Waals surface area contributed by atoms with E-state index >= 15 is 0 Å². The average molecular weight is 273 g/mol. The molecule has 1 N–H and O–H groups in total. The summed E-state index contributed by atoms with van der Waals surface area (Å²) in [5.41, 5.74) is 0. The van der Waals surface area contributed by atoms with E-state index in [4.69, 9.17) is 5.11 Å². The van der Waals surface area contributed by atoms with Crippen molar-refractivity contribution in [1.29, 1.82) is 0 Å². The highest BCUT2D eigenvalue weighted by atomic mass is 32.2. The molecule has 0 amide bonds. The number of carbonyl (C=O) groups is 1. The van der Waals surface area contributed by atoms with Crippen molar-refractivity contribution in [3.63, 3.8) is 0 Å². The van der Waals surface area contributed by atoms with E-state index in [1.807, 2.05) is 23.3 Å². The van der Waals surface area contributed by atoms with E-state index < -0.39 is 5.97 Å². The van der Waals surface area contributed by atoms with Crippen LogP contribution in [0.5, 0.6) is 0 Å². The second-order valence-corrected chi connectivity index (χ2v) is 5.92. The Hall–Kier alpha value is -0.690. The van der Waals surface area contributed by atoms with Gasteiger partial charge in [-0.15, -0.1) is 10.2 Å². The van der Waals surface area contributed by atoms with Crippen molar-refractivity contribution in [3.8, 4) is 0 Å². The number of hydrogen-bond donors (Lipinski definition) is 1. The van der Waals surface area contributed by atoms with Crippen molar-refractivity contribution in [2.45, 2.75) is 31.0 Å². The van der Waals surface area contributed by atoms with E-state index in [-0.39, 0.29) is 5.75 Å². The van der Waals surface area contributed by atoms with Crippen LogP contribution in [-0.2, 0) is 11.3 Å². The SMILES string of the molecule is CCn1c(SCC(=O)O)nnc1C1CCSC1. The summed E-state index contributed by atoms with van der Waals surface area (Å²) in [6.07, 6.45) is 1.15. The standard InChI is InChI=1S/C10H15N3O2S2/c1-2-13-9(7-3-4-16-5-7)11-12-10(13)17-6-8(14)15/h7H,2-6H2,1H3,(H,14,15). The molecule has 1 aromatic heterocycles. The topological polar surface area (TPSA) is 68.0 Å². The molecule has 2 rings (SSSR count). The lowest BCUT2D eigenvalue weighted by atomic mass is 10.1. The molecule has 1 saturated heterocycles. The summed E-state index contributed by atoms with van der Waals surface area (Å²) >= 11 is 3.18.